The van der Waals surface area contributed by atoms with E-state index in [0.717, 1.165) is 32.2 Å². The topological polar surface area (TPSA) is 52.6 Å². The molecular weight excluding hydrogens is 324 g/mol. The Hall–Kier alpha value is -2.17. The van der Waals surface area contributed by atoms with Gasteiger partial charge in [-0.25, -0.2) is 5.01 Å². The predicted molar refractivity (Wildman–Crippen MR) is 104 cm³/mol. The van der Waals surface area contributed by atoms with Crippen LogP contribution in [0.1, 0.15) is 53.7 Å². The fourth-order valence-electron chi connectivity index (χ4n) is 3.83. The van der Waals surface area contributed by atoms with Gasteiger partial charge in [0.1, 0.15) is 0 Å². The highest BCUT2D eigenvalue weighted by atomic mass is 16.3. The van der Waals surface area contributed by atoms with Crippen LogP contribution >= 0.6 is 0 Å². The Morgan fingerprint density at radius 1 is 1.19 bits per heavy atom. The molecule has 4 heteroatoms. The number of aliphatic hydroxyl groups excluding tert-OH is 1. The lowest BCUT2D eigenvalue weighted by Crippen LogP contribution is -2.50. The fourth-order valence-corrected chi connectivity index (χ4v) is 3.83. The second-order valence-corrected chi connectivity index (χ2v) is 6.98. The van der Waals surface area contributed by atoms with Crippen molar-refractivity contribution < 1.29 is 9.90 Å². The molecule has 2 aromatic rings. The summed E-state index contributed by atoms with van der Waals surface area (Å²) in [6, 6.07) is 17.7. The smallest absolute Gasteiger partial charge is 0.265 e. The van der Waals surface area contributed by atoms with Crippen molar-refractivity contribution in [3.8, 4) is 0 Å². The average molecular weight is 352 g/mol. The number of carbonyl (C=O) groups excluding carboxylic acids is 1. The minimum atomic E-state index is -0.0952. The maximum Gasteiger partial charge on any atom is 0.265 e. The molecular formula is C22H28N2O2. The second kappa shape index (κ2) is 8.97. The number of unbranched alkanes of at least 4 members (excludes halogenated alkanes) is 1. The predicted octanol–water partition coefficient (Wildman–Crippen LogP) is 3.73. The van der Waals surface area contributed by atoms with E-state index in [1.54, 1.807) is 0 Å². The molecule has 2 aromatic carbocycles. The molecule has 26 heavy (non-hydrogen) atoms. The van der Waals surface area contributed by atoms with Crippen LogP contribution in [0, 0.1) is 5.92 Å². The van der Waals surface area contributed by atoms with Crippen molar-refractivity contribution >= 4 is 5.91 Å². The van der Waals surface area contributed by atoms with Gasteiger partial charge in [-0.15, -0.1) is 0 Å². The van der Waals surface area contributed by atoms with Gasteiger partial charge in [-0.1, -0.05) is 62.2 Å². The summed E-state index contributed by atoms with van der Waals surface area (Å²) in [5.74, 6) is 0.00892. The van der Waals surface area contributed by atoms with Crippen LogP contribution in [-0.2, 0) is 6.42 Å². The van der Waals surface area contributed by atoms with E-state index < -0.39 is 0 Å². The van der Waals surface area contributed by atoms with Crippen LogP contribution in [0.15, 0.2) is 54.6 Å². The normalized spacial score (nSPS) is 18.2. The summed E-state index contributed by atoms with van der Waals surface area (Å²) in [6.45, 7) is 3.04. The third-order valence-electron chi connectivity index (χ3n) is 5.22. The van der Waals surface area contributed by atoms with E-state index in [1.165, 1.54) is 11.1 Å². The van der Waals surface area contributed by atoms with Crippen molar-refractivity contribution in [3.05, 3.63) is 71.3 Å². The molecule has 3 rings (SSSR count). The molecule has 0 saturated carbocycles. The third kappa shape index (κ3) is 4.14. The number of aliphatic hydroxyl groups is 1. The Bertz CT molecular complexity index is 717. The van der Waals surface area contributed by atoms with Gasteiger partial charge < -0.3 is 5.11 Å². The van der Waals surface area contributed by atoms with E-state index in [9.17, 15) is 9.90 Å². The Labute approximate surface area is 155 Å². The molecule has 2 N–H and O–H groups in total. The van der Waals surface area contributed by atoms with Crippen molar-refractivity contribution in [2.75, 3.05) is 13.2 Å². The molecule has 0 aromatic heterocycles. The number of carbonyl (C=O) groups is 1. The molecule has 0 fully saturated rings. The number of amides is 1. The fraction of sp³-hybridized carbons (Fsp3) is 0.409. The van der Waals surface area contributed by atoms with Crippen molar-refractivity contribution in [1.82, 2.24) is 10.4 Å². The Morgan fingerprint density at radius 2 is 1.92 bits per heavy atom. The highest BCUT2D eigenvalue weighted by molar-refractivity contribution is 5.93. The van der Waals surface area contributed by atoms with Crippen LogP contribution in [0.3, 0.4) is 0 Å². The maximum absolute atomic E-state index is 12.7. The summed E-state index contributed by atoms with van der Waals surface area (Å²) < 4.78 is 0. The summed E-state index contributed by atoms with van der Waals surface area (Å²) in [4.78, 5) is 12.7. The SMILES string of the molecule is CCCC[C@H](CO)[C@H]1c2ccccc2CCN1NC(=O)c1ccccc1. The summed E-state index contributed by atoms with van der Waals surface area (Å²) in [5.41, 5.74) is 6.29. The number of hydrogen-bond acceptors (Lipinski definition) is 3. The minimum Gasteiger partial charge on any atom is -0.396 e. The van der Waals surface area contributed by atoms with Gasteiger partial charge in [0.15, 0.2) is 0 Å². The lowest BCUT2D eigenvalue weighted by molar-refractivity contribution is 0.0350. The molecule has 0 spiro atoms. The molecule has 0 bridgehead atoms. The maximum atomic E-state index is 12.7. The second-order valence-electron chi connectivity index (χ2n) is 6.98. The molecule has 1 heterocycles. The van der Waals surface area contributed by atoms with Crippen LogP contribution in [0.2, 0.25) is 0 Å². The first-order valence-electron chi connectivity index (χ1n) is 9.56. The van der Waals surface area contributed by atoms with E-state index in [-0.39, 0.29) is 24.5 Å². The zero-order valence-corrected chi connectivity index (χ0v) is 15.4. The summed E-state index contributed by atoms with van der Waals surface area (Å²) in [5, 5.41) is 12.1. The van der Waals surface area contributed by atoms with Crippen LogP contribution < -0.4 is 5.43 Å². The van der Waals surface area contributed by atoms with Crippen molar-refractivity contribution in [1.29, 1.82) is 0 Å². The molecule has 138 valence electrons. The van der Waals surface area contributed by atoms with Crippen LogP contribution in [0.25, 0.3) is 0 Å². The molecule has 1 aliphatic rings. The minimum absolute atomic E-state index is 0.00385. The van der Waals surface area contributed by atoms with Gasteiger partial charge in [-0.3, -0.25) is 10.2 Å². The highest BCUT2D eigenvalue weighted by Crippen LogP contribution is 2.36. The number of rotatable bonds is 7. The number of benzene rings is 2. The highest BCUT2D eigenvalue weighted by Gasteiger charge is 2.34. The molecule has 0 unspecified atom stereocenters. The Morgan fingerprint density at radius 3 is 2.65 bits per heavy atom. The molecule has 4 nitrogen and oxygen atoms in total. The third-order valence-corrected chi connectivity index (χ3v) is 5.22. The van der Waals surface area contributed by atoms with Gasteiger partial charge in [-0.2, -0.15) is 0 Å². The lowest BCUT2D eigenvalue weighted by atomic mass is 9.83. The molecule has 0 aliphatic carbocycles. The van der Waals surface area contributed by atoms with Gasteiger partial charge in [-0.05, 0) is 36.1 Å². The summed E-state index contributed by atoms with van der Waals surface area (Å²) in [7, 11) is 0. The van der Waals surface area contributed by atoms with Crippen molar-refractivity contribution in [2.45, 2.75) is 38.6 Å². The molecule has 2 atom stereocenters. The van der Waals surface area contributed by atoms with Gasteiger partial charge >= 0.3 is 0 Å². The van der Waals surface area contributed by atoms with Gasteiger partial charge in [0, 0.05) is 24.6 Å². The summed E-state index contributed by atoms with van der Waals surface area (Å²) in [6.07, 6.45) is 4.02. The zero-order chi connectivity index (χ0) is 18.4. The first kappa shape index (κ1) is 18.6. The van der Waals surface area contributed by atoms with Crippen LogP contribution in [0.4, 0.5) is 0 Å². The average Bonchev–Trinajstić information content (AvgIpc) is 2.70. The molecule has 0 radical (unpaired) electrons. The molecule has 1 aliphatic heterocycles. The molecule has 0 saturated heterocycles. The van der Waals surface area contributed by atoms with Crippen LogP contribution in [0.5, 0.6) is 0 Å². The van der Waals surface area contributed by atoms with E-state index in [4.69, 9.17) is 0 Å². The monoisotopic (exact) mass is 352 g/mol. The number of hydrazine groups is 1. The van der Waals surface area contributed by atoms with Gasteiger partial charge in [0.2, 0.25) is 0 Å². The largest absolute Gasteiger partial charge is 0.396 e. The number of hydrogen-bond donors (Lipinski definition) is 2. The number of fused-ring (bicyclic) bond motifs is 1. The number of nitrogens with zero attached hydrogens (tertiary/aromatic N) is 1. The van der Waals surface area contributed by atoms with E-state index in [0.29, 0.717) is 5.56 Å². The van der Waals surface area contributed by atoms with Crippen molar-refractivity contribution in [3.63, 3.8) is 0 Å². The van der Waals surface area contributed by atoms with Crippen molar-refractivity contribution in [2.24, 2.45) is 5.92 Å². The Kier molecular flexibility index (Phi) is 6.42. The first-order valence-corrected chi connectivity index (χ1v) is 9.56. The lowest BCUT2D eigenvalue weighted by Gasteiger charge is -2.41. The number of nitrogens with one attached hydrogen (secondary N) is 1. The van der Waals surface area contributed by atoms with E-state index >= 15 is 0 Å². The standard InChI is InChI=1S/C22H28N2O2/c1-2-3-9-19(16-25)21-20-13-8-7-10-17(20)14-15-24(21)23-22(26)18-11-5-4-6-12-18/h4-8,10-13,19,21,25H,2-3,9,14-16H2,1H3,(H,23,26)/t19-,21+/m1/s1. The zero-order valence-electron chi connectivity index (χ0n) is 15.4. The van der Waals surface area contributed by atoms with E-state index in [1.807, 2.05) is 41.4 Å². The van der Waals surface area contributed by atoms with E-state index in [2.05, 4.69) is 30.5 Å². The first-order chi connectivity index (χ1) is 12.7. The van der Waals surface area contributed by atoms with Gasteiger partial charge in [0.25, 0.3) is 5.91 Å². The molecule has 1 amide bonds. The van der Waals surface area contributed by atoms with Crippen LogP contribution in [-0.4, -0.2) is 29.2 Å². The quantitative estimate of drug-likeness (QED) is 0.798. The summed E-state index contributed by atoms with van der Waals surface area (Å²) >= 11 is 0. The van der Waals surface area contributed by atoms with Gasteiger partial charge in [0.05, 0.1) is 6.04 Å². The Balaban J connectivity index is 1.86.